The standard InChI is InChI=1S/C22H26N4O4/c1-3-18-21(28)26-17-9-8-16(11-19(17)30-18)13(2)25-22(29)24-12-15-6-4-14(5-7-15)10-20(23)27/h4-9,11,13,18H,3,10,12H2,1-2H3,(H2,23,27)(H,26,28)(H2,24,25,29). The van der Waals surface area contributed by atoms with E-state index >= 15 is 0 Å². The highest BCUT2D eigenvalue weighted by Crippen LogP contribution is 2.32. The average molecular weight is 410 g/mol. The molecule has 1 aliphatic rings. The molecule has 0 aromatic heterocycles. The van der Waals surface area contributed by atoms with E-state index in [2.05, 4.69) is 16.0 Å². The number of primary amides is 1. The van der Waals surface area contributed by atoms with Gasteiger partial charge in [-0.2, -0.15) is 0 Å². The molecule has 1 aliphatic heterocycles. The summed E-state index contributed by atoms with van der Waals surface area (Å²) in [4.78, 5) is 35.1. The summed E-state index contributed by atoms with van der Waals surface area (Å²) >= 11 is 0. The number of benzene rings is 2. The van der Waals surface area contributed by atoms with Crippen molar-refractivity contribution >= 4 is 23.5 Å². The Kier molecular flexibility index (Phi) is 6.56. The van der Waals surface area contributed by atoms with Crippen LogP contribution in [0.1, 0.15) is 43.0 Å². The number of hydrogen-bond donors (Lipinski definition) is 4. The zero-order chi connectivity index (χ0) is 21.7. The van der Waals surface area contributed by atoms with Gasteiger partial charge in [0, 0.05) is 6.54 Å². The zero-order valence-corrected chi connectivity index (χ0v) is 17.0. The third-order valence-corrected chi connectivity index (χ3v) is 4.90. The molecule has 4 amide bonds. The maximum absolute atomic E-state index is 12.3. The van der Waals surface area contributed by atoms with E-state index in [1.165, 1.54) is 0 Å². The molecule has 5 N–H and O–H groups in total. The van der Waals surface area contributed by atoms with Crippen molar-refractivity contribution in [3.63, 3.8) is 0 Å². The third kappa shape index (κ3) is 5.28. The number of rotatable bonds is 7. The molecule has 0 fully saturated rings. The predicted molar refractivity (Wildman–Crippen MR) is 113 cm³/mol. The summed E-state index contributed by atoms with van der Waals surface area (Å²) in [6, 6.07) is 12.2. The summed E-state index contributed by atoms with van der Waals surface area (Å²) < 4.78 is 5.76. The Morgan fingerprint density at radius 2 is 1.87 bits per heavy atom. The summed E-state index contributed by atoms with van der Waals surface area (Å²) in [6.45, 7) is 4.12. The maximum Gasteiger partial charge on any atom is 0.315 e. The molecule has 2 aromatic rings. The lowest BCUT2D eigenvalue weighted by Crippen LogP contribution is -2.37. The Hall–Kier alpha value is -3.55. The molecule has 2 aromatic carbocycles. The zero-order valence-electron chi connectivity index (χ0n) is 17.0. The first-order valence-electron chi connectivity index (χ1n) is 9.87. The summed E-state index contributed by atoms with van der Waals surface area (Å²) in [7, 11) is 0. The van der Waals surface area contributed by atoms with Crippen LogP contribution >= 0.6 is 0 Å². The Labute approximate surface area is 175 Å². The first kappa shape index (κ1) is 21.2. The molecule has 8 nitrogen and oxygen atoms in total. The van der Waals surface area contributed by atoms with Gasteiger partial charge in [0.05, 0.1) is 18.2 Å². The van der Waals surface area contributed by atoms with Crippen molar-refractivity contribution < 1.29 is 19.1 Å². The van der Waals surface area contributed by atoms with Crippen LogP contribution < -0.4 is 26.4 Å². The van der Waals surface area contributed by atoms with E-state index in [9.17, 15) is 14.4 Å². The van der Waals surface area contributed by atoms with Crippen molar-refractivity contribution in [2.24, 2.45) is 5.73 Å². The largest absolute Gasteiger partial charge is 0.478 e. The van der Waals surface area contributed by atoms with Crippen molar-refractivity contribution in [2.75, 3.05) is 5.32 Å². The quantitative estimate of drug-likeness (QED) is 0.560. The van der Waals surface area contributed by atoms with Crippen molar-refractivity contribution in [1.82, 2.24) is 10.6 Å². The summed E-state index contributed by atoms with van der Waals surface area (Å²) in [6.07, 6.45) is 0.266. The van der Waals surface area contributed by atoms with Gasteiger partial charge < -0.3 is 26.4 Å². The molecule has 2 atom stereocenters. The molecular weight excluding hydrogens is 384 g/mol. The molecule has 158 valence electrons. The van der Waals surface area contributed by atoms with Crippen molar-refractivity contribution in [1.29, 1.82) is 0 Å². The second-order valence-electron chi connectivity index (χ2n) is 7.27. The number of carbonyl (C=O) groups is 3. The van der Waals surface area contributed by atoms with Gasteiger partial charge in [0.2, 0.25) is 5.91 Å². The van der Waals surface area contributed by atoms with Gasteiger partial charge in [0.25, 0.3) is 5.91 Å². The van der Waals surface area contributed by atoms with E-state index in [0.717, 1.165) is 16.7 Å². The summed E-state index contributed by atoms with van der Waals surface area (Å²) in [5, 5.41) is 8.54. The second kappa shape index (κ2) is 9.30. The van der Waals surface area contributed by atoms with Crippen molar-refractivity contribution in [2.45, 2.75) is 45.4 Å². The van der Waals surface area contributed by atoms with Crippen LogP contribution in [0.3, 0.4) is 0 Å². The molecule has 0 saturated heterocycles. The Morgan fingerprint density at radius 1 is 1.17 bits per heavy atom. The lowest BCUT2D eigenvalue weighted by atomic mass is 10.1. The molecule has 8 heteroatoms. The van der Waals surface area contributed by atoms with Crippen LogP contribution in [-0.4, -0.2) is 23.9 Å². The smallest absolute Gasteiger partial charge is 0.315 e. The number of amides is 4. The van der Waals surface area contributed by atoms with Gasteiger partial charge in [-0.3, -0.25) is 9.59 Å². The molecule has 0 aliphatic carbocycles. The molecular formula is C22H26N4O4. The fourth-order valence-corrected chi connectivity index (χ4v) is 3.19. The van der Waals surface area contributed by atoms with Crippen LogP contribution in [-0.2, 0) is 22.6 Å². The Bertz CT molecular complexity index is 943. The SMILES string of the molecule is CCC1Oc2cc(C(C)NC(=O)NCc3ccc(CC(N)=O)cc3)ccc2NC1=O. The first-order chi connectivity index (χ1) is 14.4. The Morgan fingerprint density at radius 3 is 2.53 bits per heavy atom. The minimum atomic E-state index is -0.506. The third-order valence-electron chi connectivity index (χ3n) is 4.90. The van der Waals surface area contributed by atoms with Gasteiger partial charge in [-0.25, -0.2) is 4.79 Å². The van der Waals surface area contributed by atoms with Gasteiger partial charge >= 0.3 is 6.03 Å². The van der Waals surface area contributed by atoms with E-state index in [1.807, 2.05) is 50.2 Å². The average Bonchev–Trinajstić information content (AvgIpc) is 2.72. The molecule has 0 radical (unpaired) electrons. The van der Waals surface area contributed by atoms with E-state index in [-0.39, 0.29) is 30.3 Å². The van der Waals surface area contributed by atoms with Gasteiger partial charge in [0.15, 0.2) is 6.10 Å². The number of carbonyl (C=O) groups excluding carboxylic acids is 3. The lowest BCUT2D eigenvalue weighted by molar-refractivity contribution is -0.123. The topological polar surface area (TPSA) is 123 Å². The van der Waals surface area contributed by atoms with Crippen LogP contribution in [0, 0.1) is 0 Å². The van der Waals surface area contributed by atoms with Crippen LogP contribution in [0.4, 0.5) is 10.5 Å². The minimum Gasteiger partial charge on any atom is -0.478 e. The van der Waals surface area contributed by atoms with E-state index < -0.39 is 6.10 Å². The number of ether oxygens (including phenoxy) is 1. The van der Waals surface area contributed by atoms with Crippen molar-refractivity contribution in [3.05, 3.63) is 59.2 Å². The van der Waals surface area contributed by atoms with Gasteiger partial charge in [0.1, 0.15) is 5.75 Å². The predicted octanol–water partition coefficient (Wildman–Crippen LogP) is 2.38. The van der Waals surface area contributed by atoms with Crippen LogP contribution in [0.5, 0.6) is 5.75 Å². The van der Waals surface area contributed by atoms with Gasteiger partial charge in [-0.15, -0.1) is 0 Å². The number of urea groups is 1. The highest BCUT2D eigenvalue weighted by Gasteiger charge is 2.26. The van der Waals surface area contributed by atoms with Crippen molar-refractivity contribution in [3.8, 4) is 5.75 Å². The van der Waals surface area contributed by atoms with Gasteiger partial charge in [-0.05, 0) is 42.2 Å². The van der Waals surface area contributed by atoms with Gasteiger partial charge in [-0.1, -0.05) is 37.3 Å². The molecule has 0 bridgehead atoms. The monoisotopic (exact) mass is 410 g/mol. The molecule has 30 heavy (non-hydrogen) atoms. The van der Waals surface area contributed by atoms with Crippen LogP contribution in [0.25, 0.3) is 0 Å². The minimum absolute atomic E-state index is 0.147. The Balaban J connectivity index is 1.54. The van der Waals surface area contributed by atoms with E-state index in [0.29, 0.717) is 24.4 Å². The molecule has 2 unspecified atom stereocenters. The van der Waals surface area contributed by atoms with Crippen LogP contribution in [0.15, 0.2) is 42.5 Å². The molecule has 1 heterocycles. The number of hydrogen-bond acceptors (Lipinski definition) is 4. The first-order valence-corrected chi connectivity index (χ1v) is 9.87. The molecule has 3 rings (SSSR count). The second-order valence-corrected chi connectivity index (χ2v) is 7.27. The number of fused-ring (bicyclic) bond motifs is 1. The number of anilines is 1. The lowest BCUT2D eigenvalue weighted by Gasteiger charge is -2.26. The number of nitrogens with one attached hydrogen (secondary N) is 3. The molecule has 0 spiro atoms. The van der Waals surface area contributed by atoms with E-state index in [4.69, 9.17) is 10.5 Å². The van der Waals surface area contributed by atoms with Crippen LogP contribution in [0.2, 0.25) is 0 Å². The summed E-state index contributed by atoms with van der Waals surface area (Å²) in [5.41, 5.74) is 8.42. The highest BCUT2D eigenvalue weighted by molar-refractivity contribution is 5.97. The summed E-state index contributed by atoms with van der Waals surface area (Å²) in [5.74, 6) is 0.0735. The van der Waals surface area contributed by atoms with E-state index in [1.54, 1.807) is 6.07 Å². The molecule has 0 saturated carbocycles. The highest BCUT2D eigenvalue weighted by atomic mass is 16.5. The number of nitrogens with two attached hydrogens (primary N) is 1. The fourth-order valence-electron chi connectivity index (χ4n) is 3.19. The fraction of sp³-hybridized carbons (Fsp3) is 0.318. The maximum atomic E-state index is 12.3. The normalized spacial score (nSPS) is 15.9.